The Morgan fingerprint density at radius 3 is 2.59 bits per heavy atom. The van der Waals surface area contributed by atoms with Gasteiger partial charge in [-0.2, -0.15) is 0 Å². The van der Waals surface area contributed by atoms with Gasteiger partial charge in [0.25, 0.3) is 11.8 Å². The van der Waals surface area contributed by atoms with Gasteiger partial charge < -0.3 is 24.8 Å². The number of nitrogens with one attached hydrogen (secondary N) is 1. The summed E-state index contributed by atoms with van der Waals surface area (Å²) in [4.78, 5) is 45.6. The van der Waals surface area contributed by atoms with Crippen molar-refractivity contribution in [1.82, 2.24) is 15.1 Å². The first-order valence-electron chi connectivity index (χ1n) is 11.9. The Morgan fingerprint density at radius 1 is 1.12 bits per heavy atom. The van der Waals surface area contributed by atoms with E-state index in [0.717, 1.165) is 30.0 Å². The van der Waals surface area contributed by atoms with Gasteiger partial charge >= 0.3 is 0 Å². The number of amides is 3. The van der Waals surface area contributed by atoms with Crippen LogP contribution in [0.1, 0.15) is 35.4 Å². The van der Waals surface area contributed by atoms with Crippen molar-refractivity contribution in [3.63, 3.8) is 0 Å². The van der Waals surface area contributed by atoms with E-state index in [1.165, 1.54) is 11.3 Å². The number of carbonyl (C=O) groups is 3. The highest BCUT2D eigenvalue weighted by molar-refractivity contribution is 7.12. The molecule has 2 aromatic rings. The van der Waals surface area contributed by atoms with Crippen LogP contribution in [0.25, 0.3) is 0 Å². The Hall–Kier alpha value is -2.91. The van der Waals surface area contributed by atoms with Gasteiger partial charge in [-0.05, 0) is 49.3 Å². The fraction of sp³-hybridized carbons (Fsp3) is 0.480. The molecule has 9 heteroatoms. The van der Waals surface area contributed by atoms with Gasteiger partial charge in [0.2, 0.25) is 5.91 Å². The van der Waals surface area contributed by atoms with Crippen molar-refractivity contribution in [3.05, 3.63) is 52.7 Å². The third kappa shape index (κ3) is 4.42. The number of benzene rings is 1. The molecule has 1 spiro atoms. The van der Waals surface area contributed by atoms with E-state index in [-0.39, 0.29) is 30.4 Å². The maximum absolute atomic E-state index is 13.7. The average molecular weight is 483 g/mol. The molecule has 0 aliphatic carbocycles. The molecule has 0 bridgehead atoms. The largest absolute Gasteiger partial charge is 0.376 e. The summed E-state index contributed by atoms with van der Waals surface area (Å²) in [6.45, 7) is 2.61. The summed E-state index contributed by atoms with van der Waals surface area (Å²) in [5.41, 5.74) is 0.207. The first kappa shape index (κ1) is 22.9. The summed E-state index contributed by atoms with van der Waals surface area (Å²) in [6.07, 6.45) is 3.11. The standard InChI is InChI=1S/C25H30N4O4S/c30-22(26-16-20-8-4-14-33-20)17-28-18-29(19-6-2-1-3-7-19)25(24(28)32)10-12-27(13-11-25)23(31)21-9-5-15-34-21/h1-3,5-7,9,15,20H,4,8,10-14,16-18H2,(H,26,30). The van der Waals surface area contributed by atoms with Gasteiger partial charge in [-0.1, -0.05) is 24.3 Å². The Bertz CT molecular complexity index is 1010. The van der Waals surface area contributed by atoms with Crippen LogP contribution in [0.5, 0.6) is 0 Å². The monoisotopic (exact) mass is 482 g/mol. The number of likely N-dealkylation sites (tertiary alicyclic amines) is 1. The Morgan fingerprint density at radius 2 is 1.91 bits per heavy atom. The topological polar surface area (TPSA) is 82.2 Å². The number of para-hydroxylation sites is 1. The number of thiophene rings is 1. The molecule has 3 amide bonds. The molecule has 3 aliphatic heterocycles. The molecule has 3 aliphatic rings. The van der Waals surface area contributed by atoms with Gasteiger partial charge in [0.1, 0.15) is 12.1 Å². The number of hydrogen-bond donors (Lipinski definition) is 1. The van der Waals surface area contributed by atoms with Crippen molar-refractivity contribution in [2.75, 3.05) is 44.4 Å². The van der Waals surface area contributed by atoms with Crippen LogP contribution < -0.4 is 10.2 Å². The second-order valence-corrected chi connectivity index (χ2v) is 10.1. The molecule has 34 heavy (non-hydrogen) atoms. The maximum atomic E-state index is 13.7. The van der Waals surface area contributed by atoms with Crippen molar-refractivity contribution < 1.29 is 19.1 Å². The molecule has 1 N–H and O–H groups in total. The van der Waals surface area contributed by atoms with Crippen LogP contribution >= 0.6 is 11.3 Å². The fourth-order valence-electron chi connectivity index (χ4n) is 5.22. The van der Waals surface area contributed by atoms with Crippen LogP contribution in [0, 0.1) is 0 Å². The molecule has 180 valence electrons. The lowest BCUT2D eigenvalue weighted by molar-refractivity contribution is -0.137. The number of hydrogen-bond acceptors (Lipinski definition) is 6. The second kappa shape index (κ2) is 9.76. The number of nitrogens with zero attached hydrogens (tertiary/aromatic N) is 3. The lowest BCUT2D eigenvalue weighted by atomic mass is 9.85. The highest BCUT2D eigenvalue weighted by atomic mass is 32.1. The van der Waals surface area contributed by atoms with E-state index in [1.807, 2.05) is 52.7 Å². The lowest BCUT2D eigenvalue weighted by Gasteiger charge is -2.43. The molecule has 5 rings (SSSR count). The normalized spacial score (nSPS) is 21.9. The minimum absolute atomic E-state index is 0.0203. The molecule has 1 atom stereocenters. The number of carbonyl (C=O) groups excluding carboxylic acids is 3. The highest BCUT2D eigenvalue weighted by Crippen LogP contribution is 2.39. The van der Waals surface area contributed by atoms with Crippen molar-refractivity contribution in [2.24, 2.45) is 0 Å². The minimum Gasteiger partial charge on any atom is -0.376 e. The summed E-state index contributed by atoms with van der Waals surface area (Å²) in [5, 5.41) is 4.83. The molecule has 0 saturated carbocycles. The zero-order chi connectivity index (χ0) is 23.5. The van der Waals surface area contributed by atoms with Gasteiger partial charge in [-0.3, -0.25) is 14.4 Å². The van der Waals surface area contributed by atoms with Crippen molar-refractivity contribution >= 4 is 34.7 Å². The van der Waals surface area contributed by atoms with E-state index in [2.05, 4.69) is 10.2 Å². The van der Waals surface area contributed by atoms with Crippen LogP contribution in [0.15, 0.2) is 47.8 Å². The maximum Gasteiger partial charge on any atom is 0.263 e. The third-order valence-electron chi connectivity index (χ3n) is 7.08. The zero-order valence-electron chi connectivity index (χ0n) is 19.2. The number of anilines is 1. The number of rotatable bonds is 6. The summed E-state index contributed by atoms with van der Waals surface area (Å²) in [6, 6.07) is 13.6. The Labute approximate surface area is 203 Å². The van der Waals surface area contributed by atoms with E-state index < -0.39 is 5.54 Å². The zero-order valence-corrected chi connectivity index (χ0v) is 20.0. The lowest BCUT2D eigenvalue weighted by Crippen LogP contribution is -2.57. The quantitative estimate of drug-likeness (QED) is 0.684. The predicted octanol–water partition coefficient (Wildman–Crippen LogP) is 2.32. The van der Waals surface area contributed by atoms with Gasteiger partial charge in [-0.25, -0.2) is 0 Å². The molecule has 4 heterocycles. The van der Waals surface area contributed by atoms with Crippen molar-refractivity contribution in [2.45, 2.75) is 37.3 Å². The fourth-order valence-corrected chi connectivity index (χ4v) is 5.91. The van der Waals surface area contributed by atoms with Gasteiger partial charge in [-0.15, -0.1) is 11.3 Å². The van der Waals surface area contributed by atoms with Crippen LogP contribution in [0.2, 0.25) is 0 Å². The molecular weight excluding hydrogens is 452 g/mol. The molecular formula is C25H30N4O4S. The van der Waals surface area contributed by atoms with Crippen LogP contribution in [0.3, 0.4) is 0 Å². The van der Waals surface area contributed by atoms with E-state index in [0.29, 0.717) is 39.1 Å². The van der Waals surface area contributed by atoms with Crippen molar-refractivity contribution in [3.8, 4) is 0 Å². The van der Waals surface area contributed by atoms with E-state index in [1.54, 1.807) is 4.90 Å². The Kier molecular flexibility index (Phi) is 6.56. The van der Waals surface area contributed by atoms with Crippen molar-refractivity contribution in [1.29, 1.82) is 0 Å². The summed E-state index contributed by atoms with van der Waals surface area (Å²) >= 11 is 1.44. The molecule has 8 nitrogen and oxygen atoms in total. The molecule has 1 aromatic heterocycles. The third-order valence-corrected chi connectivity index (χ3v) is 7.93. The first-order chi connectivity index (χ1) is 16.6. The molecule has 3 saturated heterocycles. The van der Waals surface area contributed by atoms with Gasteiger partial charge in [0.05, 0.1) is 17.6 Å². The SMILES string of the molecule is O=C(CN1CN(c2ccccc2)C2(CCN(C(=O)c3cccs3)CC2)C1=O)NCC1CCCO1. The summed E-state index contributed by atoms with van der Waals surface area (Å²) < 4.78 is 5.58. The van der Waals surface area contributed by atoms with Crippen LogP contribution in [0.4, 0.5) is 5.69 Å². The second-order valence-electron chi connectivity index (χ2n) is 9.15. The summed E-state index contributed by atoms with van der Waals surface area (Å²) in [5.74, 6) is -0.182. The number of piperidine rings is 1. The van der Waals surface area contributed by atoms with Gasteiger partial charge in [0.15, 0.2) is 0 Å². The summed E-state index contributed by atoms with van der Waals surface area (Å²) in [7, 11) is 0. The van der Waals surface area contributed by atoms with E-state index >= 15 is 0 Å². The Balaban J connectivity index is 1.29. The smallest absolute Gasteiger partial charge is 0.263 e. The highest BCUT2D eigenvalue weighted by Gasteiger charge is 2.54. The van der Waals surface area contributed by atoms with Gasteiger partial charge in [0, 0.05) is 31.9 Å². The van der Waals surface area contributed by atoms with Crippen LogP contribution in [-0.4, -0.2) is 78.6 Å². The first-order valence-corrected chi connectivity index (χ1v) is 12.8. The minimum atomic E-state index is -0.748. The predicted molar refractivity (Wildman–Crippen MR) is 130 cm³/mol. The molecule has 1 unspecified atom stereocenters. The average Bonchev–Trinajstić information content (AvgIpc) is 3.63. The molecule has 0 radical (unpaired) electrons. The number of ether oxygens (including phenoxy) is 1. The van der Waals surface area contributed by atoms with Crippen LogP contribution in [-0.2, 0) is 14.3 Å². The molecule has 3 fully saturated rings. The van der Waals surface area contributed by atoms with E-state index in [9.17, 15) is 14.4 Å². The van der Waals surface area contributed by atoms with E-state index in [4.69, 9.17) is 4.74 Å². The molecule has 1 aromatic carbocycles.